The molecule has 0 aromatic heterocycles. The first-order chi connectivity index (χ1) is 14.5. The number of esters is 1. The number of methoxy groups -OCH3 is 1. The molecule has 0 spiro atoms. The number of halogens is 1. The van der Waals surface area contributed by atoms with Gasteiger partial charge in [0, 0.05) is 15.6 Å². The summed E-state index contributed by atoms with van der Waals surface area (Å²) < 4.78 is 11.4. The predicted octanol–water partition coefficient (Wildman–Crippen LogP) is 3.80. The highest BCUT2D eigenvalue weighted by molar-refractivity contribution is 9.10. The fourth-order valence-electron chi connectivity index (χ4n) is 3.13. The summed E-state index contributed by atoms with van der Waals surface area (Å²) in [5, 5.41) is 7.28. The molecule has 0 bridgehead atoms. The van der Waals surface area contributed by atoms with Crippen molar-refractivity contribution in [1.29, 1.82) is 0 Å². The normalized spacial score (nSPS) is 18.0. The molecule has 1 unspecified atom stereocenters. The Hall–Kier alpha value is -2.78. The maximum absolute atomic E-state index is 12.7. The zero-order valence-electron chi connectivity index (χ0n) is 16.3. The van der Waals surface area contributed by atoms with E-state index in [9.17, 15) is 4.79 Å². The molecule has 2 aliphatic heterocycles. The van der Waals surface area contributed by atoms with E-state index in [1.807, 2.05) is 48.5 Å². The summed E-state index contributed by atoms with van der Waals surface area (Å²) in [6.07, 6.45) is 0. The van der Waals surface area contributed by atoms with Crippen molar-refractivity contribution in [3.05, 3.63) is 69.7 Å². The zero-order valence-corrected chi connectivity index (χ0v) is 18.7. The maximum atomic E-state index is 12.7. The van der Waals surface area contributed by atoms with E-state index < -0.39 is 11.5 Å². The van der Waals surface area contributed by atoms with E-state index in [0.717, 1.165) is 26.4 Å². The van der Waals surface area contributed by atoms with Crippen LogP contribution in [-0.4, -0.2) is 41.1 Å². The van der Waals surface area contributed by atoms with Crippen LogP contribution in [0.2, 0.25) is 0 Å². The Morgan fingerprint density at radius 3 is 2.47 bits per heavy atom. The molecule has 2 aromatic carbocycles. The van der Waals surface area contributed by atoms with Gasteiger partial charge in [-0.05, 0) is 43.3 Å². The van der Waals surface area contributed by atoms with Crippen LogP contribution in [0.5, 0.6) is 5.75 Å². The number of fused-ring (bicyclic) bond motifs is 1. The summed E-state index contributed by atoms with van der Waals surface area (Å²) in [7, 11) is 1.63. The minimum absolute atomic E-state index is 0.145. The topological polar surface area (TPSA) is 89.5 Å². The number of carbonyl (C=O) groups is 1. The Labute approximate surface area is 186 Å². The third-order valence-electron chi connectivity index (χ3n) is 4.53. The van der Waals surface area contributed by atoms with Crippen molar-refractivity contribution in [2.75, 3.05) is 13.7 Å². The second kappa shape index (κ2) is 8.53. The first-order valence-electron chi connectivity index (χ1n) is 9.21. The van der Waals surface area contributed by atoms with Crippen molar-refractivity contribution in [1.82, 2.24) is 5.01 Å². The SMILES string of the molecule is CCOC(=O)C1=C(c2ccc(Br)cc2)N2N=C(c3ccc(OC)cc3)SC2N=C1N. The number of ether oxygens (including phenoxy) is 2. The number of hydrogen-bond acceptors (Lipinski definition) is 8. The molecule has 0 amide bonds. The summed E-state index contributed by atoms with van der Waals surface area (Å²) in [6.45, 7) is 1.99. The van der Waals surface area contributed by atoms with Gasteiger partial charge in [0.1, 0.15) is 22.2 Å². The smallest absolute Gasteiger partial charge is 0.344 e. The van der Waals surface area contributed by atoms with Gasteiger partial charge >= 0.3 is 5.97 Å². The number of nitrogens with zero attached hydrogens (tertiary/aromatic N) is 3. The van der Waals surface area contributed by atoms with Crippen LogP contribution in [0.4, 0.5) is 0 Å². The van der Waals surface area contributed by atoms with Crippen molar-refractivity contribution >= 4 is 50.2 Å². The summed E-state index contributed by atoms with van der Waals surface area (Å²) in [6, 6.07) is 15.2. The van der Waals surface area contributed by atoms with Crippen molar-refractivity contribution in [2.45, 2.75) is 12.4 Å². The summed E-state index contributed by atoms with van der Waals surface area (Å²) in [5.74, 6) is 0.391. The summed E-state index contributed by atoms with van der Waals surface area (Å²) in [4.78, 5) is 17.2. The molecule has 154 valence electrons. The van der Waals surface area contributed by atoms with E-state index in [4.69, 9.17) is 20.3 Å². The van der Waals surface area contributed by atoms with Gasteiger partial charge in [0.15, 0.2) is 5.50 Å². The van der Waals surface area contributed by atoms with Crippen molar-refractivity contribution in [3.8, 4) is 5.75 Å². The van der Waals surface area contributed by atoms with E-state index >= 15 is 0 Å². The molecule has 2 N–H and O–H groups in total. The minimum Gasteiger partial charge on any atom is -0.497 e. The number of thioether (sulfide) groups is 1. The Kier molecular flexibility index (Phi) is 5.83. The van der Waals surface area contributed by atoms with Crippen LogP contribution in [0.1, 0.15) is 18.1 Å². The van der Waals surface area contributed by atoms with Crippen molar-refractivity contribution in [2.24, 2.45) is 15.8 Å². The van der Waals surface area contributed by atoms with Crippen LogP contribution in [-0.2, 0) is 9.53 Å². The van der Waals surface area contributed by atoms with Gasteiger partial charge in [0.25, 0.3) is 0 Å². The second-order valence-electron chi connectivity index (χ2n) is 6.39. The lowest BCUT2D eigenvalue weighted by Gasteiger charge is -2.29. The molecule has 30 heavy (non-hydrogen) atoms. The molecule has 2 aromatic rings. The molecule has 1 atom stereocenters. The number of aliphatic imine (C=N–C) groups is 1. The molecular formula is C21H19BrN4O3S. The fraction of sp³-hybridized carbons (Fsp3) is 0.190. The highest BCUT2D eigenvalue weighted by Gasteiger charge is 2.39. The van der Waals surface area contributed by atoms with E-state index in [-0.39, 0.29) is 18.0 Å². The number of carbonyl (C=O) groups excluding carboxylic acids is 1. The molecule has 4 rings (SSSR count). The van der Waals surface area contributed by atoms with Gasteiger partial charge < -0.3 is 15.2 Å². The van der Waals surface area contributed by atoms with Gasteiger partial charge in [0.05, 0.1) is 19.4 Å². The van der Waals surface area contributed by atoms with Crippen LogP contribution in [0, 0.1) is 0 Å². The first kappa shape index (κ1) is 20.5. The highest BCUT2D eigenvalue weighted by atomic mass is 79.9. The Bertz CT molecular complexity index is 1060. The van der Waals surface area contributed by atoms with Crippen LogP contribution in [0.3, 0.4) is 0 Å². The third kappa shape index (κ3) is 3.82. The van der Waals surface area contributed by atoms with Crippen LogP contribution in [0.15, 0.2) is 68.7 Å². The second-order valence-corrected chi connectivity index (χ2v) is 8.35. The third-order valence-corrected chi connectivity index (χ3v) is 6.12. The van der Waals surface area contributed by atoms with E-state index in [2.05, 4.69) is 20.9 Å². The molecule has 2 aliphatic rings. The standard InChI is InChI=1S/C21H19BrN4O3S/c1-3-29-20(27)16-17(12-4-8-14(22)9-5-12)26-21(24-18(16)23)30-19(25-26)13-6-10-15(28-2)11-7-13/h4-11,21H,3H2,1-2H3,(H2,23,24). The number of nitrogens with two attached hydrogens (primary N) is 1. The van der Waals surface area contributed by atoms with Gasteiger partial charge in [-0.3, -0.25) is 0 Å². The quantitative estimate of drug-likeness (QED) is 0.646. The lowest BCUT2D eigenvalue weighted by Crippen LogP contribution is -2.36. The highest BCUT2D eigenvalue weighted by Crippen LogP contribution is 2.41. The molecule has 0 saturated heterocycles. The molecule has 9 heteroatoms. The van der Waals surface area contributed by atoms with Crippen molar-refractivity contribution < 1.29 is 14.3 Å². The van der Waals surface area contributed by atoms with Crippen LogP contribution >= 0.6 is 27.7 Å². The molecule has 0 aliphatic carbocycles. The van der Waals surface area contributed by atoms with Gasteiger partial charge in [0.2, 0.25) is 0 Å². The number of rotatable bonds is 5. The van der Waals surface area contributed by atoms with Crippen LogP contribution in [0.25, 0.3) is 5.70 Å². The maximum Gasteiger partial charge on any atom is 0.344 e. The molecule has 2 heterocycles. The lowest BCUT2D eigenvalue weighted by atomic mass is 10.0. The van der Waals surface area contributed by atoms with E-state index in [1.54, 1.807) is 19.0 Å². The van der Waals surface area contributed by atoms with Gasteiger partial charge in [-0.1, -0.05) is 39.8 Å². The molecule has 7 nitrogen and oxygen atoms in total. The Morgan fingerprint density at radius 2 is 1.83 bits per heavy atom. The molecular weight excluding hydrogens is 468 g/mol. The van der Waals surface area contributed by atoms with E-state index in [0.29, 0.717) is 5.70 Å². The number of benzene rings is 2. The molecule has 0 radical (unpaired) electrons. The monoisotopic (exact) mass is 486 g/mol. The Balaban J connectivity index is 1.81. The zero-order chi connectivity index (χ0) is 21.3. The molecule has 0 fully saturated rings. The average molecular weight is 487 g/mol. The minimum atomic E-state index is -0.520. The predicted molar refractivity (Wildman–Crippen MR) is 122 cm³/mol. The lowest BCUT2D eigenvalue weighted by molar-refractivity contribution is -0.137. The number of amidine groups is 1. The van der Waals surface area contributed by atoms with E-state index in [1.165, 1.54) is 11.8 Å². The molecule has 0 saturated carbocycles. The average Bonchev–Trinajstić information content (AvgIpc) is 3.17. The first-order valence-corrected chi connectivity index (χ1v) is 10.9. The van der Waals surface area contributed by atoms with Crippen molar-refractivity contribution in [3.63, 3.8) is 0 Å². The number of hydrazone groups is 1. The summed E-state index contributed by atoms with van der Waals surface area (Å²) >= 11 is 4.91. The fourth-order valence-corrected chi connectivity index (χ4v) is 4.42. The summed E-state index contributed by atoms with van der Waals surface area (Å²) in [5.41, 5.74) is 8.34. The largest absolute Gasteiger partial charge is 0.497 e. The Morgan fingerprint density at radius 1 is 1.17 bits per heavy atom. The van der Waals surface area contributed by atoms with Gasteiger partial charge in [-0.2, -0.15) is 5.10 Å². The van der Waals surface area contributed by atoms with Crippen LogP contribution < -0.4 is 10.5 Å². The van der Waals surface area contributed by atoms with Gasteiger partial charge in [-0.25, -0.2) is 14.8 Å². The van der Waals surface area contributed by atoms with Gasteiger partial charge in [-0.15, -0.1) is 0 Å². The number of hydrogen-bond donors (Lipinski definition) is 1.